The van der Waals surface area contributed by atoms with E-state index in [2.05, 4.69) is 5.32 Å². The highest BCUT2D eigenvalue weighted by molar-refractivity contribution is 5.99. The smallest absolute Gasteiger partial charge is 0.325 e. The molecule has 1 atom stereocenters. The number of carbonyl (C=O) groups excluding carboxylic acids is 2. The molecule has 0 aromatic heterocycles. The van der Waals surface area contributed by atoms with Gasteiger partial charge in [-0.3, -0.25) is 9.69 Å². The second kappa shape index (κ2) is 9.40. The highest BCUT2D eigenvalue weighted by Gasteiger charge is 2.34. The molecule has 0 bridgehead atoms. The molecule has 1 aliphatic heterocycles. The molecule has 0 aliphatic carbocycles. The maximum atomic E-state index is 14.5. The number of carbonyl (C=O) groups is 2. The third-order valence-corrected chi connectivity index (χ3v) is 6.22. The third-order valence-electron chi connectivity index (χ3n) is 6.22. The summed E-state index contributed by atoms with van der Waals surface area (Å²) < 4.78 is 55.5. The van der Waals surface area contributed by atoms with Gasteiger partial charge in [0.2, 0.25) is 0 Å². The zero-order chi connectivity index (χ0) is 25.4. The summed E-state index contributed by atoms with van der Waals surface area (Å²) in [5.41, 5.74) is 1.93. The normalized spacial score (nSPS) is 15.3. The number of aryl methyl sites for hydroxylation is 1. The molecule has 182 valence electrons. The Morgan fingerprint density at radius 3 is 2.31 bits per heavy atom. The van der Waals surface area contributed by atoms with Crippen LogP contribution in [0.4, 0.5) is 28.0 Å². The second-order valence-electron chi connectivity index (χ2n) is 8.55. The lowest BCUT2D eigenvalue weighted by Crippen LogP contribution is -2.46. The Bertz CT molecular complexity index is 1300. The molecule has 3 aromatic carbocycles. The number of hydrogen-bond acceptors (Lipinski definition) is 2. The number of urea groups is 1. The molecular weight excluding hydrogens is 462 g/mol. The Balaban J connectivity index is 1.63. The highest BCUT2D eigenvalue weighted by atomic mass is 19.1. The van der Waals surface area contributed by atoms with Gasteiger partial charge in [0, 0.05) is 42.4 Å². The summed E-state index contributed by atoms with van der Waals surface area (Å²) in [7, 11) is 1.64. The summed E-state index contributed by atoms with van der Waals surface area (Å²) >= 11 is 0. The van der Waals surface area contributed by atoms with Crippen molar-refractivity contribution < 1.29 is 27.2 Å². The van der Waals surface area contributed by atoms with Crippen molar-refractivity contribution in [2.45, 2.75) is 33.0 Å². The number of fused-ring (bicyclic) bond motifs is 1. The standard InChI is InChI=1S/C26H23F4N3O2/c1-14-4-5-17(21(28)8-14)13-33-24-9-16(6-7-19(24)15(2)32(3)26(33)35)25(34)31-12-20-22(29)10-18(27)11-23(20)30/h4-11,15H,12-13H2,1-3H3,(H,31,34). The summed E-state index contributed by atoms with van der Waals surface area (Å²) in [4.78, 5) is 28.8. The van der Waals surface area contributed by atoms with Crippen molar-refractivity contribution in [3.05, 3.63) is 99.6 Å². The fourth-order valence-electron chi connectivity index (χ4n) is 4.06. The number of nitrogens with zero attached hydrogens (tertiary/aromatic N) is 2. The summed E-state index contributed by atoms with van der Waals surface area (Å²) in [6, 6.07) is 9.88. The van der Waals surface area contributed by atoms with E-state index in [1.54, 1.807) is 32.2 Å². The first-order chi connectivity index (χ1) is 16.6. The van der Waals surface area contributed by atoms with Crippen LogP contribution in [0.5, 0.6) is 0 Å². The van der Waals surface area contributed by atoms with Gasteiger partial charge in [-0.15, -0.1) is 0 Å². The molecule has 9 heteroatoms. The lowest BCUT2D eigenvalue weighted by molar-refractivity contribution is 0.0950. The quantitative estimate of drug-likeness (QED) is 0.478. The molecule has 1 N–H and O–H groups in total. The molecule has 4 rings (SSSR count). The Hall–Kier alpha value is -3.88. The van der Waals surface area contributed by atoms with Gasteiger partial charge >= 0.3 is 6.03 Å². The van der Waals surface area contributed by atoms with Crippen LogP contribution in [0.2, 0.25) is 0 Å². The Labute approximate surface area is 200 Å². The Morgan fingerprint density at radius 1 is 0.971 bits per heavy atom. The van der Waals surface area contributed by atoms with Crippen molar-refractivity contribution in [3.63, 3.8) is 0 Å². The topological polar surface area (TPSA) is 52.7 Å². The average Bonchev–Trinajstić information content (AvgIpc) is 2.80. The van der Waals surface area contributed by atoms with Crippen LogP contribution in [0, 0.1) is 30.2 Å². The zero-order valence-electron chi connectivity index (χ0n) is 19.3. The number of rotatable bonds is 5. The van der Waals surface area contributed by atoms with Crippen molar-refractivity contribution in [3.8, 4) is 0 Å². The fraction of sp³-hybridized carbons (Fsp3) is 0.231. The van der Waals surface area contributed by atoms with E-state index in [1.165, 1.54) is 28.0 Å². The van der Waals surface area contributed by atoms with Gasteiger partial charge in [-0.1, -0.05) is 18.2 Å². The monoisotopic (exact) mass is 485 g/mol. The maximum Gasteiger partial charge on any atom is 0.325 e. The molecule has 0 radical (unpaired) electrons. The van der Waals surface area contributed by atoms with E-state index < -0.39 is 41.3 Å². The van der Waals surface area contributed by atoms with E-state index in [9.17, 15) is 27.2 Å². The molecule has 1 unspecified atom stereocenters. The van der Waals surface area contributed by atoms with Crippen molar-refractivity contribution in [2.75, 3.05) is 11.9 Å². The highest BCUT2D eigenvalue weighted by Crippen LogP contribution is 2.37. The Morgan fingerprint density at radius 2 is 1.66 bits per heavy atom. The van der Waals surface area contributed by atoms with Gasteiger partial charge in [0.05, 0.1) is 18.3 Å². The molecule has 3 amide bonds. The number of anilines is 1. The zero-order valence-corrected chi connectivity index (χ0v) is 19.3. The Kier molecular flexibility index (Phi) is 6.51. The predicted octanol–water partition coefficient (Wildman–Crippen LogP) is 5.61. The molecule has 0 saturated heterocycles. The molecule has 0 spiro atoms. The molecule has 35 heavy (non-hydrogen) atoms. The van der Waals surface area contributed by atoms with Gasteiger partial charge in [0.15, 0.2) is 0 Å². The van der Waals surface area contributed by atoms with Crippen molar-refractivity contribution in [2.24, 2.45) is 0 Å². The van der Waals surface area contributed by atoms with E-state index in [0.29, 0.717) is 23.4 Å². The largest absolute Gasteiger partial charge is 0.348 e. The van der Waals surface area contributed by atoms with Crippen LogP contribution < -0.4 is 10.2 Å². The van der Waals surface area contributed by atoms with Gasteiger partial charge in [-0.2, -0.15) is 0 Å². The van der Waals surface area contributed by atoms with Crippen LogP contribution >= 0.6 is 0 Å². The first kappa shape index (κ1) is 24.3. The van der Waals surface area contributed by atoms with Crippen LogP contribution in [-0.4, -0.2) is 23.9 Å². The first-order valence-electron chi connectivity index (χ1n) is 10.9. The minimum Gasteiger partial charge on any atom is -0.348 e. The van der Waals surface area contributed by atoms with E-state index in [0.717, 1.165) is 11.1 Å². The SMILES string of the molecule is Cc1ccc(CN2C(=O)N(C)C(C)c3ccc(C(=O)NCc4c(F)cc(F)cc4F)cc32)c(F)c1. The van der Waals surface area contributed by atoms with Crippen LogP contribution in [-0.2, 0) is 13.1 Å². The summed E-state index contributed by atoms with van der Waals surface area (Å²) in [6.07, 6.45) is 0. The van der Waals surface area contributed by atoms with E-state index >= 15 is 0 Å². The summed E-state index contributed by atoms with van der Waals surface area (Å²) in [6.45, 7) is 3.05. The van der Waals surface area contributed by atoms with Crippen molar-refractivity contribution >= 4 is 17.6 Å². The van der Waals surface area contributed by atoms with Gasteiger partial charge in [0.1, 0.15) is 23.3 Å². The molecule has 5 nitrogen and oxygen atoms in total. The van der Waals surface area contributed by atoms with Gasteiger partial charge in [0.25, 0.3) is 5.91 Å². The van der Waals surface area contributed by atoms with Gasteiger partial charge in [-0.05, 0) is 43.2 Å². The van der Waals surface area contributed by atoms with E-state index in [-0.39, 0.29) is 24.2 Å². The minimum atomic E-state index is -1.11. The van der Waals surface area contributed by atoms with Gasteiger partial charge < -0.3 is 10.2 Å². The molecule has 1 heterocycles. The number of benzene rings is 3. The van der Waals surface area contributed by atoms with Crippen LogP contribution in [0.1, 0.15) is 45.6 Å². The lowest BCUT2D eigenvalue weighted by Gasteiger charge is -2.39. The molecular formula is C26H23F4N3O2. The summed E-state index contributed by atoms with van der Waals surface area (Å²) in [5, 5.41) is 2.42. The number of nitrogens with one attached hydrogen (secondary N) is 1. The second-order valence-corrected chi connectivity index (χ2v) is 8.55. The van der Waals surface area contributed by atoms with Crippen LogP contribution in [0.3, 0.4) is 0 Å². The third kappa shape index (κ3) is 4.71. The van der Waals surface area contributed by atoms with Crippen LogP contribution in [0.15, 0.2) is 48.5 Å². The first-order valence-corrected chi connectivity index (χ1v) is 10.9. The molecule has 0 saturated carbocycles. The summed E-state index contributed by atoms with van der Waals surface area (Å²) in [5.74, 6) is -4.36. The van der Waals surface area contributed by atoms with Gasteiger partial charge in [-0.25, -0.2) is 22.4 Å². The molecule has 3 aromatic rings. The fourth-order valence-corrected chi connectivity index (χ4v) is 4.06. The lowest BCUT2D eigenvalue weighted by atomic mass is 9.98. The van der Waals surface area contributed by atoms with E-state index in [1.807, 2.05) is 6.92 Å². The van der Waals surface area contributed by atoms with Crippen molar-refractivity contribution in [1.29, 1.82) is 0 Å². The number of hydrogen-bond donors (Lipinski definition) is 1. The maximum absolute atomic E-state index is 14.5. The van der Waals surface area contributed by atoms with Crippen LogP contribution in [0.25, 0.3) is 0 Å². The number of halogens is 4. The minimum absolute atomic E-state index is 0.0495. The van der Waals surface area contributed by atoms with E-state index in [4.69, 9.17) is 0 Å². The molecule has 0 fully saturated rings. The predicted molar refractivity (Wildman–Crippen MR) is 123 cm³/mol. The molecule has 1 aliphatic rings. The number of amides is 3. The van der Waals surface area contributed by atoms with Crippen molar-refractivity contribution in [1.82, 2.24) is 10.2 Å². The average molecular weight is 485 g/mol.